The maximum Gasteiger partial charge on any atom is 0.225 e. The molecule has 5 heterocycles. The maximum absolute atomic E-state index is 13.0. The third kappa shape index (κ3) is 3.93. The molecule has 2 atom stereocenters. The van der Waals surface area contributed by atoms with Gasteiger partial charge in [-0.15, -0.1) is 0 Å². The molecule has 7 heteroatoms. The molecule has 0 radical (unpaired) electrons. The first-order valence-electron chi connectivity index (χ1n) is 9.63. The molecular weight excluding hydrogens is 350 g/mol. The van der Waals surface area contributed by atoms with E-state index in [1.165, 1.54) is 6.42 Å². The van der Waals surface area contributed by atoms with Crippen molar-refractivity contribution in [3.8, 4) is 0 Å². The Hall–Kier alpha value is -1.47. The van der Waals surface area contributed by atoms with Crippen LogP contribution >= 0.6 is 0 Å². The van der Waals surface area contributed by atoms with Gasteiger partial charge in [-0.2, -0.15) is 0 Å². The zero-order valence-corrected chi connectivity index (χ0v) is 15.9. The molecule has 4 fully saturated rings. The third-order valence-corrected chi connectivity index (χ3v) is 7.85. The normalized spacial score (nSPS) is 29.5. The van der Waals surface area contributed by atoms with Crippen molar-refractivity contribution in [2.24, 2.45) is 11.8 Å². The van der Waals surface area contributed by atoms with Crippen molar-refractivity contribution in [2.45, 2.75) is 38.3 Å². The molecule has 0 N–H and O–H groups in total. The summed E-state index contributed by atoms with van der Waals surface area (Å²) >= 11 is 0. The summed E-state index contributed by atoms with van der Waals surface area (Å²) < 4.78 is 23.3. The molecule has 0 unspecified atom stereocenters. The molecule has 4 aliphatic rings. The van der Waals surface area contributed by atoms with Crippen LogP contribution in [0.3, 0.4) is 0 Å². The lowest BCUT2D eigenvalue weighted by Gasteiger charge is -2.35. The topological polar surface area (TPSA) is 70.6 Å². The van der Waals surface area contributed by atoms with E-state index in [0.29, 0.717) is 24.8 Å². The summed E-state index contributed by atoms with van der Waals surface area (Å²) in [7, 11) is -2.93. The Morgan fingerprint density at radius 1 is 1.08 bits per heavy atom. The lowest BCUT2D eigenvalue weighted by molar-refractivity contribution is -0.136. The highest BCUT2D eigenvalue weighted by Gasteiger charge is 2.39. The first kappa shape index (κ1) is 17.9. The van der Waals surface area contributed by atoms with Crippen molar-refractivity contribution in [2.75, 3.05) is 31.1 Å². The summed E-state index contributed by atoms with van der Waals surface area (Å²) in [6.45, 7) is 3.44. The zero-order valence-electron chi connectivity index (χ0n) is 15.1. The lowest BCUT2D eigenvalue weighted by atomic mass is 9.95. The monoisotopic (exact) mass is 377 g/mol. The van der Waals surface area contributed by atoms with Gasteiger partial charge >= 0.3 is 0 Å². The minimum absolute atomic E-state index is 0.111. The number of pyridine rings is 1. The van der Waals surface area contributed by atoms with Crippen molar-refractivity contribution in [3.05, 3.63) is 30.1 Å². The summed E-state index contributed by atoms with van der Waals surface area (Å²) in [5, 5.41) is 0. The van der Waals surface area contributed by atoms with E-state index in [1.54, 1.807) is 0 Å². The summed E-state index contributed by atoms with van der Waals surface area (Å²) in [6, 6.07) is 6.39. The van der Waals surface area contributed by atoms with E-state index >= 15 is 0 Å². The fourth-order valence-electron chi connectivity index (χ4n) is 4.65. The molecule has 5 rings (SSSR count). The predicted octanol–water partition coefficient (Wildman–Crippen LogP) is 1.33. The van der Waals surface area contributed by atoms with Crippen molar-refractivity contribution >= 4 is 15.7 Å². The minimum atomic E-state index is -2.93. The zero-order chi connectivity index (χ0) is 18.1. The van der Waals surface area contributed by atoms with Gasteiger partial charge in [0.15, 0.2) is 0 Å². The van der Waals surface area contributed by atoms with Crippen molar-refractivity contribution in [3.63, 3.8) is 0 Å². The van der Waals surface area contributed by atoms with Crippen molar-refractivity contribution < 1.29 is 13.2 Å². The molecular formula is C19H27N3O3S. The second-order valence-electron chi connectivity index (χ2n) is 8.02. The van der Waals surface area contributed by atoms with Gasteiger partial charge in [0.2, 0.25) is 5.91 Å². The number of piperidine rings is 1. The van der Waals surface area contributed by atoms with E-state index in [2.05, 4.69) is 16.0 Å². The van der Waals surface area contributed by atoms with Crippen LogP contribution in [-0.2, 0) is 21.2 Å². The Balaban J connectivity index is 1.42. The van der Waals surface area contributed by atoms with Crippen LogP contribution in [0.25, 0.3) is 0 Å². The highest BCUT2D eigenvalue weighted by Crippen LogP contribution is 2.31. The molecule has 26 heavy (non-hydrogen) atoms. The van der Waals surface area contributed by atoms with Crippen LogP contribution in [0.2, 0.25) is 0 Å². The highest BCUT2D eigenvalue weighted by molar-refractivity contribution is 7.91. The smallest absolute Gasteiger partial charge is 0.225 e. The van der Waals surface area contributed by atoms with Crippen LogP contribution in [0.5, 0.6) is 0 Å². The number of carbonyl (C=O) groups is 1. The van der Waals surface area contributed by atoms with E-state index in [1.807, 2.05) is 23.2 Å². The van der Waals surface area contributed by atoms with Gasteiger partial charge in [0.1, 0.15) is 9.84 Å². The number of sulfone groups is 1. The van der Waals surface area contributed by atoms with E-state index < -0.39 is 9.84 Å². The average molecular weight is 378 g/mol. The second-order valence-corrected chi connectivity index (χ2v) is 10.3. The fourth-order valence-corrected chi connectivity index (χ4v) is 6.14. The summed E-state index contributed by atoms with van der Waals surface area (Å²) in [4.78, 5) is 22.0. The van der Waals surface area contributed by atoms with Crippen molar-refractivity contribution in [1.82, 2.24) is 14.8 Å². The number of carbonyl (C=O) groups excluding carboxylic acids is 1. The quantitative estimate of drug-likeness (QED) is 0.795. The maximum atomic E-state index is 13.0. The first-order valence-corrected chi connectivity index (χ1v) is 11.5. The molecule has 0 spiro atoms. The molecule has 2 bridgehead atoms. The molecule has 0 aromatic carbocycles. The largest absolute Gasteiger partial charge is 0.341 e. The second kappa shape index (κ2) is 7.27. The lowest BCUT2D eigenvalue weighted by Crippen LogP contribution is -2.45. The molecule has 4 saturated heterocycles. The summed E-state index contributed by atoms with van der Waals surface area (Å²) in [6.07, 6.45) is 5.11. The molecule has 1 aromatic rings. The molecule has 142 valence electrons. The van der Waals surface area contributed by atoms with Gasteiger partial charge in [-0.25, -0.2) is 8.42 Å². The van der Waals surface area contributed by atoms with Crippen LogP contribution in [0.4, 0.5) is 0 Å². The SMILES string of the molecule is O=C(C1CCS(=O)(=O)CC1)N1C[C@@H]2CC[C@H](C1)N(Cc1ccccn1)C2. The first-order chi connectivity index (χ1) is 12.5. The summed E-state index contributed by atoms with van der Waals surface area (Å²) in [5.74, 6) is 0.900. The van der Waals surface area contributed by atoms with Crippen molar-refractivity contribution in [1.29, 1.82) is 0 Å². The fraction of sp³-hybridized carbons (Fsp3) is 0.684. The molecule has 0 aliphatic carbocycles. The number of nitrogens with zero attached hydrogens (tertiary/aromatic N) is 3. The highest BCUT2D eigenvalue weighted by atomic mass is 32.2. The van der Waals surface area contributed by atoms with Gasteiger partial charge in [-0.3, -0.25) is 14.7 Å². The standard InChI is InChI=1S/C19H27N3O3S/c23-19(16-6-9-26(24,25)10-7-16)22-12-15-4-5-18(14-22)21(11-15)13-17-3-1-2-8-20-17/h1-3,8,15-16,18H,4-7,9-14H2/t15-,18-/m1/s1. The van der Waals surface area contributed by atoms with E-state index in [0.717, 1.165) is 38.3 Å². The van der Waals surface area contributed by atoms with Crippen LogP contribution < -0.4 is 0 Å². The van der Waals surface area contributed by atoms with E-state index in [4.69, 9.17) is 0 Å². The Morgan fingerprint density at radius 2 is 1.88 bits per heavy atom. The molecule has 1 aromatic heterocycles. The number of aromatic nitrogens is 1. The number of hydrogen-bond acceptors (Lipinski definition) is 5. The Morgan fingerprint density at radius 3 is 2.62 bits per heavy atom. The average Bonchev–Trinajstić information content (AvgIpc) is 2.94. The third-order valence-electron chi connectivity index (χ3n) is 6.13. The van der Waals surface area contributed by atoms with Gasteiger partial charge in [0.05, 0.1) is 17.2 Å². The Bertz CT molecular complexity index is 739. The Kier molecular flexibility index (Phi) is 5.01. The predicted molar refractivity (Wildman–Crippen MR) is 99.1 cm³/mol. The van der Waals surface area contributed by atoms with E-state index in [9.17, 15) is 13.2 Å². The molecule has 4 aliphatic heterocycles. The summed E-state index contributed by atoms with van der Waals surface area (Å²) in [5.41, 5.74) is 1.08. The van der Waals surface area contributed by atoms with Crippen LogP contribution in [0, 0.1) is 11.8 Å². The number of amides is 1. The Labute approximate surface area is 155 Å². The van der Waals surface area contributed by atoms with Gasteiger partial charge in [-0.1, -0.05) is 6.07 Å². The number of rotatable bonds is 3. The number of fused-ring (bicyclic) bond motifs is 4. The van der Waals surface area contributed by atoms with Gasteiger partial charge in [-0.05, 0) is 43.7 Å². The van der Waals surface area contributed by atoms with Gasteiger partial charge < -0.3 is 4.90 Å². The van der Waals surface area contributed by atoms with Crippen LogP contribution in [0.15, 0.2) is 24.4 Å². The van der Waals surface area contributed by atoms with Gasteiger partial charge in [0.25, 0.3) is 0 Å². The van der Waals surface area contributed by atoms with Crippen LogP contribution in [0.1, 0.15) is 31.4 Å². The van der Waals surface area contributed by atoms with Crippen LogP contribution in [-0.4, -0.2) is 66.3 Å². The molecule has 0 saturated carbocycles. The van der Waals surface area contributed by atoms with Gasteiger partial charge in [0, 0.05) is 44.3 Å². The number of hydrogen-bond donors (Lipinski definition) is 0. The molecule has 1 amide bonds. The van der Waals surface area contributed by atoms with E-state index in [-0.39, 0.29) is 23.3 Å². The minimum Gasteiger partial charge on any atom is -0.341 e. The molecule has 6 nitrogen and oxygen atoms in total.